The van der Waals surface area contributed by atoms with Gasteiger partial charge in [0.2, 0.25) is 11.8 Å². The molecule has 4 rings (SSSR count). The van der Waals surface area contributed by atoms with E-state index in [9.17, 15) is 4.79 Å². The molecule has 2 fully saturated rings. The molecule has 2 atom stereocenters. The van der Waals surface area contributed by atoms with Crippen LogP contribution in [0.4, 0.5) is 0 Å². The SMILES string of the molecule is COc1ccc([C@@H]([C@H](C(=O)c2cccs2)[NH+]2CCOCC2)[NH+]2CCOCC2)cc1. The van der Waals surface area contributed by atoms with Gasteiger partial charge in [-0.25, -0.2) is 0 Å². The molecular weight excluding hydrogens is 388 g/mol. The van der Waals surface area contributed by atoms with Gasteiger partial charge in [0.25, 0.3) is 0 Å². The number of quaternary nitrogens is 2. The third-order valence-electron chi connectivity index (χ3n) is 6.00. The van der Waals surface area contributed by atoms with E-state index < -0.39 is 0 Å². The highest BCUT2D eigenvalue weighted by atomic mass is 32.1. The summed E-state index contributed by atoms with van der Waals surface area (Å²) in [4.78, 5) is 17.4. The Kier molecular flexibility index (Phi) is 6.94. The molecule has 0 bridgehead atoms. The van der Waals surface area contributed by atoms with Gasteiger partial charge in [0.05, 0.1) is 38.4 Å². The first-order valence-corrected chi connectivity index (χ1v) is 11.2. The first kappa shape index (κ1) is 20.5. The number of ketones is 1. The minimum atomic E-state index is -0.140. The molecule has 0 amide bonds. The van der Waals surface area contributed by atoms with Gasteiger partial charge in [-0.1, -0.05) is 6.07 Å². The molecule has 3 heterocycles. The van der Waals surface area contributed by atoms with Crippen molar-refractivity contribution in [2.24, 2.45) is 0 Å². The second-order valence-corrected chi connectivity index (χ2v) is 8.56. The lowest BCUT2D eigenvalue weighted by molar-refractivity contribution is -0.999. The van der Waals surface area contributed by atoms with Crippen molar-refractivity contribution in [1.29, 1.82) is 0 Å². The summed E-state index contributed by atoms with van der Waals surface area (Å²) in [6.45, 7) is 6.43. The lowest BCUT2D eigenvalue weighted by Crippen LogP contribution is -3.25. The molecule has 1 aromatic carbocycles. The molecule has 2 aromatic rings. The summed E-state index contributed by atoms with van der Waals surface area (Å²) < 4.78 is 16.6. The van der Waals surface area contributed by atoms with E-state index in [-0.39, 0.29) is 17.9 Å². The van der Waals surface area contributed by atoms with E-state index in [0.717, 1.165) is 50.0 Å². The zero-order chi connectivity index (χ0) is 20.1. The Labute approximate surface area is 176 Å². The molecular formula is C22H30N2O4S+2. The van der Waals surface area contributed by atoms with Crippen molar-refractivity contribution in [3.63, 3.8) is 0 Å². The molecule has 2 N–H and O–H groups in total. The summed E-state index contributed by atoms with van der Waals surface area (Å²) in [5.74, 6) is 1.08. The largest absolute Gasteiger partial charge is 0.497 e. The number of hydrogen-bond acceptors (Lipinski definition) is 5. The minimum Gasteiger partial charge on any atom is -0.497 e. The van der Waals surface area contributed by atoms with Crippen LogP contribution in [0.25, 0.3) is 0 Å². The predicted molar refractivity (Wildman–Crippen MR) is 111 cm³/mol. The van der Waals surface area contributed by atoms with Crippen LogP contribution >= 0.6 is 11.3 Å². The molecule has 0 unspecified atom stereocenters. The maximum Gasteiger partial charge on any atom is 0.236 e. The molecule has 6 nitrogen and oxygen atoms in total. The van der Waals surface area contributed by atoms with E-state index in [2.05, 4.69) is 12.1 Å². The van der Waals surface area contributed by atoms with E-state index in [4.69, 9.17) is 14.2 Å². The molecule has 29 heavy (non-hydrogen) atoms. The fraction of sp³-hybridized carbons (Fsp3) is 0.500. The van der Waals surface area contributed by atoms with Crippen molar-refractivity contribution < 1.29 is 28.8 Å². The van der Waals surface area contributed by atoms with Gasteiger partial charge in [-0.3, -0.25) is 4.79 Å². The lowest BCUT2D eigenvalue weighted by atomic mass is 9.91. The Bertz CT molecular complexity index is 769. The topological polar surface area (TPSA) is 53.6 Å². The highest BCUT2D eigenvalue weighted by Gasteiger charge is 2.46. The summed E-state index contributed by atoms with van der Waals surface area (Å²) in [5.41, 5.74) is 1.19. The smallest absolute Gasteiger partial charge is 0.236 e. The maximum absolute atomic E-state index is 13.8. The van der Waals surface area contributed by atoms with Gasteiger partial charge in [0.15, 0.2) is 6.04 Å². The number of carbonyl (C=O) groups is 1. The Morgan fingerprint density at radius 3 is 2.14 bits per heavy atom. The summed E-state index contributed by atoms with van der Waals surface area (Å²) in [5, 5.41) is 1.99. The standard InChI is InChI=1S/C22H28N2O4S/c1-26-18-6-4-17(5-7-18)20(23-8-12-27-13-9-23)21(24-10-14-28-15-11-24)22(25)19-3-2-16-29-19/h2-7,16,20-21H,8-15H2,1H3/p+2/t20-,21+/m0/s1. The number of nitrogens with one attached hydrogen (secondary N) is 2. The number of benzene rings is 1. The highest BCUT2D eigenvalue weighted by molar-refractivity contribution is 7.12. The molecule has 2 saturated heterocycles. The summed E-state index contributed by atoms with van der Waals surface area (Å²) >= 11 is 1.54. The van der Waals surface area contributed by atoms with Crippen LogP contribution < -0.4 is 14.5 Å². The van der Waals surface area contributed by atoms with Gasteiger partial charge in [0, 0.05) is 5.56 Å². The number of ether oxygens (including phenoxy) is 3. The number of carbonyl (C=O) groups excluding carboxylic acids is 1. The lowest BCUT2D eigenvalue weighted by Gasteiger charge is -2.39. The van der Waals surface area contributed by atoms with Gasteiger partial charge in [0.1, 0.15) is 31.9 Å². The molecule has 0 spiro atoms. The summed E-state index contributed by atoms with van der Waals surface area (Å²) in [7, 11) is 1.68. The highest BCUT2D eigenvalue weighted by Crippen LogP contribution is 2.22. The number of Topliss-reactive ketones (excluding diaryl/α,β-unsaturated/α-hetero) is 1. The van der Waals surface area contributed by atoms with Crippen LogP contribution in [0.3, 0.4) is 0 Å². The fourth-order valence-corrected chi connectivity index (χ4v) is 5.21. The maximum atomic E-state index is 13.8. The van der Waals surface area contributed by atoms with E-state index in [1.54, 1.807) is 18.4 Å². The van der Waals surface area contributed by atoms with Crippen molar-refractivity contribution in [2.45, 2.75) is 12.1 Å². The average Bonchev–Trinajstić information content (AvgIpc) is 3.33. The summed E-state index contributed by atoms with van der Waals surface area (Å²) in [6.07, 6.45) is 0. The van der Waals surface area contributed by atoms with Crippen LogP contribution in [0.2, 0.25) is 0 Å². The van der Waals surface area contributed by atoms with E-state index in [1.165, 1.54) is 15.4 Å². The van der Waals surface area contributed by atoms with Crippen LogP contribution in [-0.2, 0) is 9.47 Å². The molecule has 0 saturated carbocycles. The van der Waals surface area contributed by atoms with E-state index in [1.807, 2.05) is 29.6 Å². The fourth-order valence-electron chi connectivity index (χ4n) is 4.51. The molecule has 7 heteroatoms. The van der Waals surface area contributed by atoms with Crippen molar-refractivity contribution in [1.82, 2.24) is 0 Å². The van der Waals surface area contributed by atoms with Gasteiger partial charge in [-0.15, -0.1) is 11.3 Å². The molecule has 0 aliphatic carbocycles. The molecule has 156 valence electrons. The first-order chi connectivity index (χ1) is 14.3. The number of morpholine rings is 2. The Balaban J connectivity index is 1.74. The van der Waals surface area contributed by atoms with Crippen LogP contribution in [0.5, 0.6) is 5.75 Å². The predicted octanol–water partition coefficient (Wildman–Crippen LogP) is -0.120. The third kappa shape index (κ3) is 4.70. The third-order valence-corrected chi connectivity index (χ3v) is 6.89. The Morgan fingerprint density at radius 1 is 0.966 bits per heavy atom. The second kappa shape index (κ2) is 9.82. The molecule has 0 radical (unpaired) electrons. The average molecular weight is 419 g/mol. The minimum absolute atomic E-state index is 0.0764. The van der Waals surface area contributed by atoms with E-state index in [0.29, 0.717) is 13.2 Å². The van der Waals surface area contributed by atoms with Gasteiger partial charge >= 0.3 is 0 Å². The molecule has 2 aliphatic heterocycles. The van der Waals surface area contributed by atoms with E-state index >= 15 is 0 Å². The van der Waals surface area contributed by atoms with Crippen molar-refractivity contribution in [3.8, 4) is 5.75 Å². The van der Waals surface area contributed by atoms with Crippen molar-refractivity contribution in [2.75, 3.05) is 59.7 Å². The summed E-state index contributed by atoms with van der Waals surface area (Å²) in [6, 6.07) is 12.1. The van der Waals surface area contributed by atoms with Gasteiger partial charge < -0.3 is 24.0 Å². The monoisotopic (exact) mass is 418 g/mol. The number of hydrogen-bond donors (Lipinski definition) is 2. The van der Waals surface area contributed by atoms with Crippen molar-refractivity contribution in [3.05, 3.63) is 52.2 Å². The van der Waals surface area contributed by atoms with Gasteiger partial charge in [-0.05, 0) is 35.7 Å². The molecule has 2 aliphatic rings. The zero-order valence-corrected chi connectivity index (χ0v) is 17.7. The zero-order valence-electron chi connectivity index (χ0n) is 16.9. The normalized spacial score (nSPS) is 20.9. The van der Waals surface area contributed by atoms with Crippen LogP contribution in [0, 0.1) is 0 Å². The van der Waals surface area contributed by atoms with Crippen LogP contribution in [0.15, 0.2) is 41.8 Å². The molecule has 1 aromatic heterocycles. The first-order valence-electron chi connectivity index (χ1n) is 10.3. The van der Waals surface area contributed by atoms with Gasteiger partial charge in [-0.2, -0.15) is 0 Å². The number of thiophene rings is 1. The Morgan fingerprint density at radius 2 is 1.59 bits per heavy atom. The van der Waals surface area contributed by atoms with Crippen LogP contribution in [0.1, 0.15) is 21.3 Å². The number of methoxy groups -OCH3 is 1. The Hall–Kier alpha value is -1.77. The van der Waals surface area contributed by atoms with Crippen molar-refractivity contribution >= 4 is 17.1 Å². The van der Waals surface area contributed by atoms with Crippen LogP contribution in [-0.4, -0.2) is 71.5 Å². The number of rotatable bonds is 7. The quantitative estimate of drug-likeness (QED) is 0.616. The second-order valence-electron chi connectivity index (χ2n) is 7.61.